The Bertz CT molecular complexity index is 358. The van der Waals surface area contributed by atoms with E-state index in [0.29, 0.717) is 0 Å². The third-order valence-corrected chi connectivity index (χ3v) is 2.28. The number of halogens is 1. The molecule has 0 spiro atoms. The van der Waals surface area contributed by atoms with Crippen LogP contribution in [0.2, 0.25) is 0 Å². The fourth-order valence-electron chi connectivity index (χ4n) is 1.02. The highest BCUT2D eigenvalue weighted by atomic mass is 79.9. The number of hydrogen-bond acceptors (Lipinski definition) is 0. The summed E-state index contributed by atoms with van der Waals surface area (Å²) in [6.45, 7) is 5.73. The molecule has 0 atom stereocenters. The highest BCUT2D eigenvalue weighted by molar-refractivity contribution is 9.10. The van der Waals surface area contributed by atoms with E-state index in [0.717, 1.165) is 21.5 Å². The molecule has 0 amide bonds. The first-order chi connectivity index (χ1) is 6.17. The van der Waals surface area contributed by atoms with Gasteiger partial charge in [0.1, 0.15) is 0 Å². The van der Waals surface area contributed by atoms with Gasteiger partial charge in [0.05, 0.1) is 0 Å². The Morgan fingerprint density at radius 1 is 1.54 bits per heavy atom. The predicted octanol–water partition coefficient (Wildman–Crippen LogP) is 3.56. The second-order valence-corrected chi connectivity index (χ2v) is 3.68. The molecule has 0 saturated carbocycles. The normalized spacial score (nSPS) is 9.69. The van der Waals surface area contributed by atoms with Crippen LogP contribution >= 0.6 is 15.9 Å². The lowest BCUT2D eigenvalue weighted by molar-refractivity contribution is 1.25. The van der Waals surface area contributed by atoms with Gasteiger partial charge in [0.25, 0.3) is 0 Å². The van der Waals surface area contributed by atoms with E-state index in [-0.39, 0.29) is 0 Å². The largest absolute Gasteiger partial charge is 0.115 e. The fourth-order valence-corrected chi connectivity index (χ4v) is 1.51. The van der Waals surface area contributed by atoms with Gasteiger partial charge in [0.15, 0.2) is 0 Å². The van der Waals surface area contributed by atoms with Crippen LogP contribution in [0.5, 0.6) is 0 Å². The highest BCUT2D eigenvalue weighted by Crippen LogP contribution is 2.21. The van der Waals surface area contributed by atoms with Crippen molar-refractivity contribution in [1.82, 2.24) is 0 Å². The second-order valence-electron chi connectivity index (χ2n) is 2.76. The number of allylic oxidation sites excluding steroid dienone is 1. The van der Waals surface area contributed by atoms with Gasteiger partial charge in [-0.25, -0.2) is 0 Å². The van der Waals surface area contributed by atoms with Crippen LogP contribution in [-0.2, 0) is 0 Å². The van der Waals surface area contributed by atoms with Gasteiger partial charge < -0.3 is 0 Å². The summed E-state index contributed by atoms with van der Waals surface area (Å²) in [6.07, 6.45) is 7.14. The Balaban J connectivity index is 3.17. The van der Waals surface area contributed by atoms with Crippen molar-refractivity contribution < 1.29 is 0 Å². The predicted molar refractivity (Wildman–Crippen MR) is 60.3 cm³/mol. The molecule has 0 aromatic heterocycles. The molecule has 1 aromatic carbocycles. The lowest BCUT2D eigenvalue weighted by Gasteiger charge is -2.06. The molecule has 0 N–H and O–H groups in total. The van der Waals surface area contributed by atoms with Crippen molar-refractivity contribution in [2.24, 2.45) is 0 Å². The van der Waals surface area contributed by atoms with Gasteiger partial charge in [-0.2, -0.15) is 0 Å². The first-order valence-electron chi connectivity index (χ1n) is 3.91. The van der Waals surface area contributed by atoms with E-state index in [1.54, 1.807) is 0 Å². The monoisotopic (exact) mass is 233 g/mol. The molecule has 65 valence electrons. The van der Waals surface area contributed by atoms with Gasteiger partial charge in [-0.15, -0.1) is 13.0 Å². The van der Waals surface area contributed by atoms with E-state index in [9.17, 15) is 0 Å². The summed E-state index contributed by atoms with van der Waals surface area (Å²) in [4.78, 5) is 0. The summed E-state index contributed by atoms with van der Waals surface area (Å²) in [6, 6.07) is 5.92. The molecule has 0 aliphatic heterocycles. The van der Waals surface area contributed by atoms with Crippen LogP contribution in [-0.4, -0.2) is 0 Å². The van der Waals surface area contributed by atoms with Gasteiger partial charge in [0, 0.05) is 16.0 Å². The molecular formula is C12H10Br. The molecule has 0 saturated heterocycles. The minimum atomic E-state index is 0.880. The third kappa shape index (κ3) is 2.47. The molecule has 13 heavy (non-hydrogen) atoms. The zero-order valence-corrected chi connectivity index (χ0v) is 9.06. The van der Waals surface area contributed by atoms with Crippen LogP contribution in [0, 0.1) is 18.3 Å². The molecule has 1 heteroatoms. The Labute approximate surface area is 87.8 Å². The van der Waals surface area contributed by atoms with Crippen molar-refractivity contribution in [3.05, 3.63) is 52.4 Å². The minimum Gasteiger partial charge on any atom is -0.115 e. The summed E-state index contributed by atoms with van der Waals surface area (Å²) in [5.74, 6) is 3.73. The SMILES string of the molecule is C#Cc1cc(Br)cc([C](C)C=C)c1. The van der Waals surface area contributed by atoms with Gasteiger partial charge in [0.2, 0.25) is 0 Å². The molecule has 0 aliphatic carbocycles. The van der Waals surface area contributed by atoms with E-state index >= 15 is 0 Å². The molecule has 0 nitrogen and oxygen atoms in total. The van der Waals surface area contributed by atoms with E-state index in [1.807, 2.05) is 31.2 Å². The Morgan fingerprint density at radius 3 is 2.77 bits per heavy atom. The molecule has 0 fully saturated rings. The van der Waals surface area contributed by atoms with Crippen LogP contribution in [0.15, 0.2) is 35.3 Å². The summed E-state index contributed by atoms with van der Waals surface area (Å²) in [5, 5.41) is 0. The second kappa shape index (κ2) is 4.30. The zero-order chi connectivity index (χ0) is 9.84. The van der Waals surface area contributed by atoms with Crippen molar-refractivity contribution in [3.63, 3.8) is 0 Å². The molecule has 1 aromatic rings. The summed E-state index contributed by atoms with van der Waals surface area (Å²) < 4.78 is 0.999. The van der Waals surface area contributed by atoms with Crippen LogP contribution in [0.1, 0.15) is 18.1 Å². The number of hydrogen-bond donors (Lipinski definition) is 0. The average molecular weight is 234 g/mol. The first-order valence-corrected chi connectivity index (χ1v) is 4.70. The van der Waals surface area contributed by atoms with Gasteiger partial charge in [-0.3, -0.25) is 0 Å². The first kappa shape index (κ1) is 10.1. The molecule has 0 bridgehead atoms. The molecule has 0 aliphatic rings. The Morgan fingerprint density at radius 2 is 2.23 bits per heavy atom. The van der Waals surface area contributed by atoms with E-state index in [1.165, 1.54) is 0 Å². The molecule has 1 radical (unpaired) electrons. The van der Waals surface area contributed by atoms with Gasteiger partial charge >= 0.3 is 0 Å². The highest BCUT2D eigenvalue weighted by Gasteiger charge is 2.03. The topological polar surface area (TPSA) is 0 Å². The fraction of sp³-hybridized carbons (Fsp3) is 0.0833. The smallest absolute Gasteiger partial charge is 0.0256 e. The standard InChI is InChI=1S/C12H10Br/c1-4-9(3)11-6-10(5-2)7-12(13)8-11/h2,4,6-8H,1H2,3H3. The summed E-state index contributed by atoms with van der Waals surface area (Å²) in [5.41, 5.74) is 1.99. The lowest BCUT2D eigenvalue weighted by Crippen LogP contribution is -1.90. The maximum atomic E-state index is 5.32. The Kier molecular flexibility index (Phi) is 3.33. The van der Waals surface area contributed by atoms with Gasteiger partial charge in [-0.05, 0) is 23.8 Å². The maximum absolute atomic E-state index is 5.32. The van der Waals surface area contributed by atoms with Crippen LogP contribution in [0.3, 0.4) is 0 Å². The molecule has 0 unspecified atom stereocenters. The molecule has 1 rings (SSSR count). The Hall–Kier alpha value is -1.00. The lowest BCUT2D eigenvalue weighted by atomic mass is 9.99. The van der Waals surface area contributed by atoms with Crippen molar-refractivity contribution in [2.45, 2.75) is 6.92 Å². The van der Waals surface area contributed by atoms with Crippen LogP contribution < -0.4 is 0 Å². The van der Waals surface area contributed by atoms with E-state index in [2.05, 4.69) is 28.4 Å². The number of benzene rings is 1. The summed E-state index contributed by atoms with van der Waals surface area (Å²) >= 11 is 3.41. The molecule has 0 heterocycles. The van der Waals surface area contributed by atoms with Crippen molar-refractivity contribution in [1.29, 1.82) is 0 Å². The van der Waals surface area contributed by atoms with Crippen molar-refractivity contribution in [2.75, 3.05) is 0 Å². The average Bonchev–Trinajstić information content (AvgIpc) is 2.15. The third-order valence-electron chi connectivity index (χ3n) is 1.83. The quantitative estimate of drug-likeness (QED) is 0.686. The van der Waals surface area contributed by atoms with E-state index < -0.39 is 0 Å². The number of terminal acetylenes is 1. The minimum absolute atomic E-state index is 0.880. The zero-order valence-electron chi connectivity index (χ0n) is 7.47. The van der Waals surface area contributed by atoms with Crippen LogP contribution in [0.4, 0.5) is 0 Å². The number of rotatable bonds is 2. The van der Waals surface area contributed by atoms with Gasteiger partial charge in [-0.1, -0.05) is 34.9 Å². The maximum Gasteiger partial charge on any atom is 0.0256 e. The summed E-state index contributed by atoms with van der Waals surface area (Å²) in [7, 11) is 0. The van der Waals surface area contributed by atoms with Crippen molar-refractivity contribution >= 4 is 15.9 Å². The molecular weight excluding hydrogens is 224 g/mol. The van der Waals surface area contributed by atoms with E-state index in [4.69, 9.17) is 6.42 Å². The van der Waals surface area contributed by atoms with Crippen molar-refractivity contribution in [3.8, 4) is 12.3 Å². The van der Waals surface area contributed by atoms with Crippen LogP contribution in [0.25, 0.3) is 0 Å².